The standard InChI is InChI=1S/C17H18N2O4S/c20-14(15-4-2-8-24-15)5-6-16(21)19-11-13(17(22)23)9-12-3-1-7-18-10-12/h1-4,7-8,10,13H,5-6,9,11H2,(H,19,21)(H,22,23). The molecule has 7 heteroatoms. The predicted molar refractivity (Wildman–Crippen MR) is 90.0 cm³/mol. The molecule has 1 atom stereocenters. The van der Waals surface area contributed by atoms with Crippen LogP contribution < -0.4 is 5.32 Å². The number of aliphatic carboxylic acids is 1. The zero-order valence-corrected chi connectivity index (χ0v) is 13.8. The van der Waals surface area contributed by atoms with Gasteiger partial charge in [0, 0.05) is 31.8 Å². The average molecular weight is 346 g/mol. The number of ketones is 1. The second-order valence-corrected chi connectivity index (χ2v) is 6.25. The number of hydrogen-bond acceptors (Lipinski definition) is 5. The van der Waals surface area contributed by atoms with E-state index in [4.69, 9.17) is 0 Å². The molecule has 0 aromatic carbocycles. The van der Waals surface area contributed by atoms with Crippen molar-refractivity contribution in [2.75, 3.05) is 6.54 Å². The lowest BCUT2D eigenvalue weighted by Crippen LogP contribution is -2.34. The fraction of sp³-hybridized carbons (Fsp3) is 0.294. The minimum Gasteiger partial charge on any atom is -0.481 e. The number of carboxylic acids is 1. The van der Waals surface area contributed by atoms with Crippen molar-refractivity contribution in [1.82, 2.24) is 10.3 Å². The number of aromatic nitrogens is 1. The van der Waals surface area contributed by atoms with Gasteiger partial charge in [0.2, 0.25) is 5.91 Å². The van der Waals surface area contributed by atoms with Gasteiger partial charge in [-0.25, -0.2) is 0 Å². The number of nitrogens with one attached hydrogen (secondary N) is 1. The van der Waals surface area contributed by atoms with Gasteiger partial charge in [0.05, 0.1) is 10.8 Å². The van der Waals surface area contributed by atoms with E-state index < -0.39 is 11.9 Å². The normalized spacial score (nSPS) is 11.7. The van der Waals surface area contributed by atoms with Gasteiger partial charge < -0.3 is 10.4 Å². The molecule has 1 unspecified atom stereocenters. The summed E-state index contributed by atoms with van der Waals surface area (Å²) in [5, 5.41) is 13.7. The molecule has 1 amide bonds. The Labute approximate surface area is 143 Å². The van der Waals surface area contributed by atoms with E-state index in [0.717, 1.165) is 5.56 Å². The number of amides is 1. The van der Waals surface area contributed by atoms with Gasteiger partial charge >= 0.3 is 5.97 Å². The van der Waals surface area contributed by atoms with Crippen LogP contribution in [0.3, 0.4) is 0 Å². The molecule has 0 saturated heterocycles. The van der Waals surface area contributed by atoms with Crippen LogP contribution >= 0.6 is 11.3 Å². The van der Waals surface area contributed by atoms with E-state index in [1.54, 1.807) is 36.7 Å². The molecule has 0 saturated carbocycles. The molecule has 2 N–H and O–H groups in total. The van der Waals surface area contributed by atoms with Crippen LogP contribution in [-0.2, 0) is 16.0 Å². The molecule has 24 heavy (non-hydrogen) atoms. The van der Waals surface area contributed by atoms with Crippen LogP contribution in [0.1, 0.15) is 28.1 Å². The molecule has 0 bridgehead atoms. The first kappa shape index (κ1) is 17.8. The summed E-state index contributed by atoms with van der Waals surface area (Å²) in [6.07, 6.45) is 3.68. The molecule has 6 nitrogen and oxygen atoms in total. The maximum absolute atomic E-state index is 11.8. The third kappa shape index (κ3) is 5.58. The van der Waals surface area contributed by atoms with Gasteiger partial charge in [-0.3, -0.25) is 19.4 Å². The third-order valence-corrected chi connectivity index (χ3v) is 4.39. The Bertz CT molecular complexity index is 686. The maximum Gasteiger partial charge on any atom is 0.308 e. The second kappa shape index (κ2) is 8.93. The molecule has 2 aromatic rings. The molecule has 0 spiro atoms. The molecule has 0 aliphatic heterocycles. The van der Waals surface area contributed by atoms with E-state index in [1.807, 2.05) is 5.38 Å². The van der Waals surface area contributed by atoms with Crippen molar-refractivity contribution in [2.45, 2.75) is 19.3 Å². The van der Waals surface area contributed by atoms with Crippen molar-refractivity contribution >= 4 is 29.0 Å². The summed E-state index contributed by atoms with van der Waals surface area (Å²) >= 11 is 1.34. The van der Waals surface area contributed by atoms with E-state index in [9.17, 15) is 19.5 Å². The number of carboxylic acid groups (broad SMARTS) is 1. The number of nitrogens with zero attached hydrogens (tertiary/aromatic N) is 1. The number of rotatable bonds is 9. The van der Waals surface area contributed by atoms with Gasteiger partial charge in [-0.1, -0.05) is 12.1 Å². The summed E-state index contributed by atoms with van der Waals surface area (Å²) in [6, 6.07) is 7.04. The Morgan fingerprint density at radius 3 is 2.67 bits per heavy atom. The first-order chi connectivity index (χ1) is 11.6. The van der Waals surface area contributed by atoms with Crippen LogP contribution in [0.25, 0.3) is 0 Å². The Balaban J connectivity index is 1.78. The summed E-state index contributed by atoms with van der Waals surface area (Å²) in [6.45, 7) is 0.0241. The van der Waals surface area contributed by atoms with Crippen LogP contribution in [0.2, 0.25) is 0 Å². The summed E-state index contributed by atoms with van der Waals surface area (Å²) < 4.78 is 0. The molecule has 0 radical (unpaired) electrons. The van der Waals surface area contributed by atoms with E-state index in [2.05, 4.69) is 10.3 Å². The molecule has 126 valence electrons. The van der Waals surface area contributed by atoms with Gasteiger partial charge in [0.15, 0.2) is 5.78 Å². The first-order valence-electron chi connectivity index (χ1n) is 7.51. The van der Waals surface area contributed by atoms with Crippen molar-refractivity contribution in [3.05, 3.63) is 52.5 Å². The quantitative estimate of drug-likeness (QED) is 0.678. The van der Waals surface area contributed by atoms with E-state index in [-0.39, 0.29) is 37.5 Å². The first-order valence-corrected chi connectivity index (χ1v) is 8.39. The number of Topliss-reactive ketones (excluding diaryl/α,β-unsaturated/α-hetero) is 1. The van der Waals surface area contributed by atoms with Gasteiger partial charge in [-0.2, -0.15) is 0 Å². The lowest BCUT2D eigenvalue weighted by atomic mass is 10.0. The van der Waals surface area contributed by atoms with Crippen molar-refractivity contribution in [2.24, 2.45) is 5.92 Å². The monoisotopic (exact) mass is 346 g/mol. The second-order valence-electron chi connectivity index (χ2n) is 5.31. The van der Waals surface area contributed by atoms with Crippen molar-refractivity contribution in [3.8, 4) is 0 Å². The molecule has 2 rings (SSSR count). The van der Waals surface area contributed by atoms with Gasteiger partial charge in [0.25, 0.3) is 0 Å². The number of thiophene rings is 1. The largest absolute Gasteiger partial charge is 0.481 e. The molecular weight excluding hydrogens is 328 g/mol. The van der Waals surface area contributed by atoms with Crippen LogP contribution in [0.4, 0.5) is 0 Å². The fourth-order valence-corrected chi connectivity index (χ4v) is 2.86. The lowest BCUT2D eigenvalue weighted by Gasteiger charge is -2.13. The summed E-state index contributed by atoms with van der Waals surface area (Å²) in [5.41, 5.74) is 0.798. The van der Waals surface area contributed by atoms with E-state index in [0.29, 0.717) is 4.88 Å². The van der Waals surface area contributed by atoms with Crippen molar-refractivity contribution < 1.29 is 19.5 Å². The number of pyridine rings is 1. The lowest BCUT2D eigenvalue weighted by molar-refractivity contribution is -0.141. The highest BCUT2D eigenvalue weighted by Crippen LogP contribution is 2.12. The fourth-order valence-electron chi connectivity index (χ4n) is 2.16. The van der Waals surface area contributed by atoms with E-state index >= 15 is 0 Å². The number of hydrogen-bond donors (Lipinski definition) is 2. The summed E-state index contributed by atoms with van der Waals surface area (Å²) in [5.74, 6) is -2.11. The smallest absolute Gasteiger partial charge is 0.308 e. The zero-order valence-electron chi connectivity index (χ0n) is 13.0. The molecule has 0 aliphatic rings. The van der Waals surface area contributed by atoms with Crippen LogP contribution in [0, 0.1) is 5.92 Å². The highest BCUT2D eigenvalue weighted by atomic mass is 32.1. The zero-order chi connectivity index (χ0) is 17.4. The summed E-state index contributed by atoms with van der Waals surface area (Å²) in [4.78, 5) is 39.5. The highest BCUT2D eigenvalue weighted by molar-refractivity contribution is 7.12. The average Bonchev–Trinajstić information content (AvgIpc) is 3.11. The maximum atomic E-state index is 11.8. The molecule has 0 aliphatic carbocycles. The van der Waals surface area contributed by atoms with Crippen molar-refractivity contribution in [1.29, 1.82) is 0 Å². The van der Waals surface area contributed by atoms with Crippen LogP contribution in [-0.4, -0.2) is 34.3 Å². The summed E-state index contributed by atoms with van der Waals surface area (Å²) in [7, 11) is 0. The number of carbonyl (C=O) groups is 3. The predicted octanol–water partition coefficient (Wildman–Crippen LogP) is 2.17. The number of carbonyl (C=O) groups excluding carboxylic acids is 2. The molecular formula is C17H18N2O4S. The minimum atomic E-state index is -0.978. The van der Waals surface area contributed by atoms with E-state index in [1.165, 1.54) is 11.3 Å². The van der Waals surface area contributed by atoms with Gasteiger partial charge in [0.1, 0.15) is 0 Å². The molecule has 2 heterocycles. The minimum absolute atomic E-state index is 0.0241. The molecule has 2 aromatic heterocycles. The third-order valence-electron chi connectivity index (χ3n) is 3.47. The van der Waals surface area contributed by atoms with Crippen LogP contribution in [0.15, 0.2) is 42.0 Å². The Morgan fingerprint density at radius 1 is 1.21 bits per heavy atom. The SMILES string of the molecule is O=C(CCC(=O)c1cccs1)NCC(Cc1cccnc1)C(=O)O. The molecule has 0 fully saturated rings. The van der Waals surface area contributed by atoms with Crippen molar-refractivity contribution in [3.63, 3.8) is 0 Å². The Hall–Kier alpha value is -2.54. The van der Waals surface area contributed by atoms with Gasteiger partial charge in [-0.15, -0.1) is 11.3 Å². The van der Waals surface area contributed by atoms with Crippen LogP contribution in [0.5, 0.6) is 0 Å². The van der Waals surface area contributed by atoms with Gasteiger partial charge in [-0.05, 0) is 29.5 Å². The Morgan fingerprint density at radius 2 is 2.04 bits per heavy atom. The highest BCUT2D eigenvalue weighted by Gasteiger charge is 2.19. The Kier molecular flexibility index (Phi) is 6.62. The topological polar surface area (TPSA) is 96.4 Å².